The predicted molar refractivity (Wildman–Crippen MR) is 128 cm³/mol. The molecule has 1 saturated carbocycles. The second-order valence-corrected chi connectivity index (χ2v) is 10.3. The maximum Gasteiger partial charge on any atom is 0.410 e. The van der Waals surface area contributed by atoms with E-state index in [0.29, 0.717) is 54.5 Å². The van der Waals surface area contributed by atoms with Crippen molar-refractivity contribution in [3.63, 3.8) is 0 Å². The number of ether oxygens (including phenoxy) is 2. The van der Waals surface area contributed by atoms with Crippen LogP contribution in [0.5, 0.6) is 0 Å². The van der Waals surface area contributed by atoms with Crippen LogP contribution in [-0.2, 0) is 25.7 Å². The van der Waals surface area contributed by atoms with E-state index in [2.05, 4.69) is 10.2 Å². The number of esters is 1. The Hall–Kier alpha value is -2.03. The van der Waals surface area contributed by atoms with Crippen molar-refractivity contribution in [3.8, 4) is 0 Å². The van der Waals surface area contributed by atoms with E-state index >= 15 is 0 Å². The molecule has 3 aliphatic rings. The lowest BCUT2D eigenvalue weighted by molar-refractivity contribution is -0.144. The third kappa shape index (κ3) is 6.34. The zero-order chi connectivity index (χ0) is 24.2. The van der Waals surface area contributed by atoms with Gasteiger partial charge in [0.05, 0.1) is 13.2 Å². The van der Waals surface area contributed by atoms with Crippen molar-refractivity contribution < 1.29 is 23.9 Å². The quantitative estimate of drug-likeness (QED) is 0.564. The second-order valence-electron chi connectivity index (χ2n) is 9.46. The van der Waals surface area contributed by atoms with Crippen LogP contribution in [0.3, 0.4) is 0 Å². The number of likely N-dealkylation sites (tertiary alicyclic amines) is 2. The van der Waals surface area contributed by atoms with Crippen LogP contribution in [0.25, 0.3) is 0 Å². The first-order valence-corrected chi connectivity index (χ1v) is 12.6. The lowest BCUT2D eigenvalue weighted by Crippen LogP contribution is -2.41. The SMILES string of the molecule is CCOC(=O)CN1CC2CC(C(=O)N[C@@H]3CCN(C(=O)OCc4cc(Cl)cc(Cl)c4)C3)CC2C1. The Morgan fingerprint density at radius 3 is 2.35 bits per heavy atom. The fourth-order valence-electron chi connectivity index (χ4n) is 5.42. The molecule has 0 bridgehead atoms. The predicted octanol–water partition coefficient (Wildman–Crippen LogP) is 3.34. The van der Waals surface area contributed by atoms with E-state index in [0.717, 1.165) is 31.5 Å². The van der Waals surface area contributed by atoms with Gasteiger partial charge in [-0.3, -0.25) is 14.5 Å². The summed E-state index contributed by atoms with van der Waals surface area (Å²) in [6.45, 7) is 5.29. The summed E-state index contributed by atoms with van der Waals surface area (Å²) in [6, 6.07) is 4.97. The molecule has 8 nitrogen and oxygen atoms in total. The summed E-state index contributed by atoms with van der Waals surface area (Å²) >= 11 is 12.0. The number of fused-ring (bicyclic) bond motifs is 1. The van der Waals surface area contributed by atoms with Gasteiger partial charge in [0, 0.05) is 48.2 Å². The molecular weight excluding hydrogens is 481 g/mol. The number of hydrogen-bond donors (Lipinski definition) is 1. The minimum atomic E-state index is -0.412. The highest BCUT2D eigenvalue weighted by Gasteiger charge is 2.44. The third-order valence-corrected chi connectivity index (χ3v) is 7.37. The van der Waals surface area contributed by atoms with Gasteiger partial charge in [-0.1, -0.05) is 23.2 Å². The number of nitrogens with zero attached hydrogens (tertiary/aromatic N) is 2. The molecular formula is C24H31Cl2N3O5. The van der Waals surface area contributed by atoms with E-state index in [9.17, 15) is 14.4 Å². The van der Waals surface area contributed by atoms with Gasteiger partial charge in [-0.25, -0.2) is 4.79 Å². The Labute approximate surface area is 209 Å². The van der Waals surface area contributed by atoms with Gasteiger partial charge in [0.25, 0.3) is 0 Å². The fourth-order valence-corrected chi connectivity index (χ4v) is 5.99. The molecule has 3 atom stereocenters. The molecule has 2 amide bonds. The molecule has 2 saturated heterocycles. The summed E-state index contributed by atoms with van der Waals surface area (Å²) in [5.74, 6) is 0.770. The molecule has 0 aromatic heterocycles. The van der Waals surface area contributed by atoms with Gasteiger partial charge in [-0.05, 0) is 61.8 Å². The lowest BCUT2D eigenvalue weighted by atomic mass is 10.0. The van der Waals surface area contributed by atoms with Gasteiger partial charge in [-0.2, -0.15) is 0 Å². The highest BCUT2D eigenvalue weighted by Crippen LogP contribution is 2.41. The van der Waals surface area contributed by atoms with E-state index in [1.165, 1.54) is 0 Å². The molecule has 3 fully saturated rings. The lowest BCUT2D eigenvalue weighted by Gasteiger charge is -2.20. The van der Waals surface area contributed by atoms with Gasteiger partial charge >= 0.3 is 12.1 Å². The van der Waals surface area contributed by atoms with E-state index < -0.39 is 6.09 Å². The Morgan fingerprint density at radius 1 is 1.03 bits per heavy atom. The highest BCUT2D eigenvalue weighted by atomic mass is 35.5. The molecule has 0 spiro atoms. The monoisotopic (exact) mass is 511 g/mol. The fraction of sp³-hybridized carbons (Fsp3) is 0.625. The third-order valence-electron chi connectivity index (χ3n) is 6.93. The summed E-state index contributed by atoms with van der Waals surface area (Å²) < 4.78 is 10.4. The van der Waals surface area contributed by atoms with Crippen LogP contribution in [-0.4, -0.2) is 73.1 Å². The van der Waals surface area contributed by atoms with Gasteiger partial charge in [0.1, 0.15) is 6.61 Å². The van der Waals surface area contributed by atoms with Crippen molar-refractivity contribution in [1.29, 1.82) is 0 Å². The molecule has 2 unspecified atom stereocenters. The van der Waals surface area contributed by atoms with Crippen LogP contribution in [0.15, 0.2) is 18.2 Å². The molecule has 10 heteroatoms. The van der Waals surface area contributed by atoms with Crippen molar-refractivity contribution >= 4 is 41.2 Å². The highest BCUT2D eigenvalue weighted by molar-refractivity contribution is 6.34. The normalized spacial score (nSPS) is 26.4. The van der Waals surface area contributed by atoms with Gasteiger partial charge in [0.2, 0.25) is 5.91 Å². The number of halogens is 2. The number of carbonyl (C=O) groups excluding carboxylic acids is 3. The van der Waals surface area contributed by atoms with Crippen LogP contribution >= 0.6 is 23.2 Å². The number of rotatable bonds is 7. The van der Waals surface area contributed by atoms with E-state index in [1.807, 2.05) is 6.92 Å². The summed E-state index contributed by atoms with van der Waals surface area (Å²) in [7, 11) is 0. The summed E-state index contributed by atoms with van der Waals surface area (Å²) in [6.07, 6.45) is 1.98. The average molecular weight is 512 g/mol. The van der Waals surface area contributed by atoms with Crippen LogP contribution in [0.1, 0.15) is 31.7 Å². The Kier molecular flexibility index (Phi) is 8.22. The average Bonchev–Trinajstić information content (AvgIpc) is 3.46. The molecule has 186 valence electrons. The zero-order valence-corrected chi connectivity index (χ0v) is 20.8. The van der Waals surface area contributed by atoms with Crippen molar-refractivity contribution in [2.45, 2.75) is 38.8 Å². The van der Waals surface area contributed by atoms with Gasteiger partial charge in [0.15, 0.2) is 0 Å². The first-order valence-electron chi connectivity index (χ1n) is 11.9. The topological polar surface area (TPSA) is 88.2 Å². The van der Waals surface area contributed by atoms with E-state index in [4.69, 9.17) is 32.7 Å². The molecule has 1 N–H and O–H groups in total. The van der Waals surface area contributed by atoms with Gasteiger partial charge < -0.3 is 19.7 Å². The summed E-state index contributed by atoms with van der Waals surface area (Å²) in [5.41, 5.74) is 0.725. The molecule has 34 heavy (non-hydrogen) atoms. The molecule has 1 aromatic carbocycles. The standard InChI is InChI=1S/C24H31Cl2N3O5/c1-2-33-22(30)13-28-10-17-7-16(8-18(17)11-28)23(31)27-21-3-4-29(12-21)24(32)34-14-15-5-19(25)9-20(26)6-15/h5-6,9,16-18,21H,2-4,7-8,10-14H2,1H3,(H,27,31)/t16?,17?,18?,21-/m1/s1. The smallest absolute Gasteiger partial charge is 0.410 e. The molecule has 1 aromatic rings. The molecule has 2 aliphatic heterocycles. The van der Waals surface area contributed by atoms with Crippen molar-refractivity contribution in [1.82, 2.24) is 15.1 Å². The van der Waals surface area contributed by atoms with Gasteiger partial charge in [-0.15, -0.1) is 0 Å². The van der Waals surface area contributed by atoms with Crippen LogP contribution in [0.2, 0.25) is 10.0 Å². The maximum absolute atomic E-state index is 12.9. The first-order chi connectivity index (χ1) is 16.3. The Morgan fingerprint density at radius 2 is 1.71 bits per heavy atom. The number of hydrogen-bond acceptors (Lipinski definition) is 6. The summed E-state index contributed by atoms with van der Waals surface area (Å²) in [4.78, 5) is 40.8. The molecule has 0 radical (unpaired) electrons. The zero-order valence-electron chi connectivity index (χ0n) is 19.3. The minimum absolute atomic E-state index is 0.00618. The Balaban J connectivity index is 1.18. The number of amides is 2. The van der Waals surface area contributed by atoms with Crippen LogP contribution in [0, 0.1) is 17.8 Å². The number of benzene rings is 1. The molecule has 1 aliphatic carbocycles. The largest absolute Gasteiger partial charge is 0.465 e. The van der Waals surface area contributed by atoms with Crippen LogP contribution < -0.4 is 5.32 Å². The van der Waals surface area contributed by atoms with Crippen molar-refractivity contribution in [3.05, 3.63) is 33.8 Å². The summed E-state index contributed by atoms with van der Waals surface area (Å²) in [5, 5.41) is 4.11. The molecule has 4 rings (SSSR count). The van der Waals surface area contributed by atoms with Crippen molar-refractivity contribution in [2.24, 2.45) is 17.8 Å². The molecule has 2 heterocycles. The first kappa shape index (κ1) is 25.1. The van der Waals surface area contributed by atoms with E-state index in [-0.39, 0.29) is 30.4 Å². The minimum Gasteiger partial charge on any atom is -0.465 e. The van der Waals surface area contributed by atoms with Crippen LogP contribution in [0.4, 0.5) is 4.79 Å². The number of nitrogens with one attached hydrogen (secondary N) is 1. The Bertz CT molecular complexity index is 896. The number of carbonyl (C=O) groups is 3. The van der Waals surface area contributed by atoms with Crippen molar-refractivity contribution in [2.75, 3.05) is 39.3 Å². The second kappa shape index (κ2) is 11.1. The maximum atomic E-state index is 12.9. The van der Waals surface area contributed by atoms with E-state index in [1.54, 1.807) is 23.1 Å².